The van der Waals surface area contributed by atoms with Crippen molar-refractivity contribution in [3.63, 3.8) is 0 Å². The zero-order chi connectivity index (χ0) is 17.2. The number of hydrogen-bond donors (Lipinski definition) is 0. The average Bonchev–Trinajstić information content (AvgIpc) is 3.14. The van der Waals surface area contributed by atoms with Gasteiger partial charge in [0.2, 0.25) is 15.9 Å². The van der Waals surface area contributed by atoms with Crippen LogP contribution in [0.3, 0.4) is 0 Å². The Hall–Kier alpha value is -1.40. The number of sulfonamides is 1. The molecule has 6 heteroatoms. The van der Waals surface area contributed by atoms with Crippen LogP contribution >= 0.6 is 0 Å². The third-order valence-corrected chi connectivity index (χ3v) is 6.81. The number of anilines is 1. The average molecular weight is 350 g/mol. The molecule has 1 aromatic carbocycles. The number of nitrogens with zero attached hydrogens (tertiary/aromatic N) is 2. The third kappa shape index (κ3) is 3.35. The van der Waals surface area contributed by atoms with Gasteiger partial charge in [-0.15, -0.1) is 0 Å². The molecule has 1 aromatic rings. The number of carbonyl (C=O) groups excluding carboxylic acids is 1. The van der Waals surface area contributed by atoms with Crippen LogP contribution in [0.1, 0.15) is 51.0 Å². The van der Waals surface area contributed by atoms with Crippen molar-refractivity contribution in [2.45, 2.75) is 56.8 Å². The Kier molecular flexibility index (Phi) is 5.25. The molecular formula is C18H26N2O3S. The highest BCUT2D eigenvalue weighted by Gasteiger charge is 2.29. The Labute approximate surface area is 144 Å². The lowest BCUT2D eigenvalue weighted by molar-refractivity contribution is -0.118. The molecule has 0 aliphatic carbocycles. The van der Waals surface area contributed by atoms with Crippen molar-refractivity contribution in [1.82, 2.24) is 4.31 Å². The number of hydrogen-bond acceptors (Lipinski definition) is 3. The van der Waals surface area contributed by atoms with Gasteiger partial charge >= 0.3 is 0 Å². The minimum absolute atomic E-state index is 0.146. The smallest absolute Gasteiger partial charge is 0.243 e. The SMILES string of the molecule is CCCCC(=O)N1CCCc2cc(S(=O)(=O)N3CCCC3)ccc21. The Bertz CT molecular complexity index is 709. The van der Waals surface area contributed by atoms with Gasteiger partial charge in [0, 0.05) is 31.7 Å². The minimum atomic E-state index is -3.39. The van der Waals surface area contributed by atoms with Crippen LogP contribution < -0.4 is 4.90 Å². The van der Waals surface area contributed by atoms with Crippen LogP contribution in [0.15, 0.2) is 23.1 Å². The monoisotopic (exact) mass is 350 g/mol. The van der Waals surface area contributed by atoms with Crippen molar-refractivity contribution < 1.29 is 13.2 Å². The molecule has 24 heavy (non-hydrogen) atoms. The van der Waals surface area contributed by atoms with Gasteiger partial charge in [-0.2, -0.15) is 4.31 Å². The number of rotatable bonds is 5. The second-order valence-corrected chi connectivity index (χ2v) is 8.59. The summed E-state index contributed by atoms with van der Waals surface area (Å²) in [6.07, 6.45) is 6.04. The number of benzene rings is 1. The van der Waals surface area contributed by atoms with E-state index >= 15 is 0 Å². The summed E-state index contributed by atoms with van der Waals surface area (Å²) in [5, 5.41) is 0. The van der Waals surface area contributed by atoms with Crippen LogP contribution in [0.25, 0.3) is 0 Å². The zero-order valence-electron chi connectivity index (χ0n) is 14.3. The second-order valence-electron chi connectivity index (χ2n) is 6.65. The minimum Gasteiger partial charge on any atom is -0.312 e. The molecule has 0 saturated carbocycles. The lowest BCUT2D eigenvalue weighted by atomic mass is 10.0. The summed E-state index contributed by atoms with van der Waals surface area (Å²) in [5.41, 5.74) is 1.87. The van der Waals surface area contributed by atoms with E-state index in [9.17, 15) is 13.2 Å². The Morgan fingerprint density at radius 1 is 1.12 bits per heavy atom. The standard InChI is InChI=1S/C18H26N2O3S/c1-2-3-8-18(21)20-13-6-7-15-14-16(9-10-17(15)20)24(22,23)19-11-4-5-12-19/h9-10,14H,2-8,11-13H2,1H3. The molecule has 0 atom stereocenters. The predicted molar refractivity (Wildman–Crippen MR) is 94.6 cm³/mol. The molecular weight excluding hydrogens is 324 g/mol. The topological polar surface area (TPSA) is 57.7 Å². The van der Waals surface area contributed by atoms with Gasteiger partial charge in [0.15, 0.2) is 0 Å². The Morgan fingerprint density at radius 2 is 1.88 bits per heavy atom. The molecule has 0 bridgehead atoms. The van der Waals surface area contributed by atoms with E-state index in [1.807, 2.05) is 11.0 Å². The summed E-state index contributed by atoms with van der Waals surface area (Å²) in [5.74, 6) is 0.146. The van der Waals surface area contributed by atoms with Gasteiger partial charge in [-0.1, -0.05) is 13.3 Å². The van der Waals surface area contributed by atoms with Crippen LogP contribution in [-0.2, 0) is 21.2 Å². The Morgan fingerprint density at radius 3 is 2.58 bits per heavy atom. The first-order valence-electron chi connectivity index (χ1n) is 8.97. The highest BCUT2D eigenvalue weighted by Crippen LogP contribution is 2.31. The van der Waals surface area contributed by atoms with E-state index in [-0.39, 0.29) is 5.91 Å². The van der Waals surface area contributed by atoms with Crippen LogP contribution in [0.2, 0.25) is 0 Å². The van der Waals surface area contributed by atoms with Crippen molar-refractivity contribution in [2.75, 3.05) is 24.5 Å². The largest absolute Gasteiger partial charge is 0.312 e. The summed E-state index contributed by atoms with van der Waals surface area (Å²) in [4.78, 5) is 14.6. The maximum absolute atomic E-state index is 12.7. The van der Waals surface area contributed by atoms with E-state index in [0.717, 1.165) is 56.3 Å². The quantitative estimate of drug-likeness (QED) is 0.820. The van der Waals surface area contributed by atoms with Gasteiger partial charge in [0.1, 0.15) is 0 Å². The van der Waals surface area contributed by atoms with E-state index in [4.69, 9.17) is 0 Å². The molecule has 0 radical (unpaired) electrons. The van der Waals surface area contributed by atoms with Gasteiger partial charge in [0.05, 0.1) is 4.90 Å². The highest BCUT2D eigenvalue weighted by atomic mass is 32.2. The predicted octanol–water partition coefficient (Wildman–Crippen LogP) is 2.94. The number of aryl methyl sites for hydroxylation is 1. The first kappa shape index (κ1) is 17.4. The summed E-state index contributed by atoms with van der Waals surface area (Å²) >= 11 is 0. The van der Waals surface area contributed by atoms with E-state index in [2.05, 4.69) is 6.92 Å². The maximum Gasteiger partial charge on any atom is 0.243 e. The molecule has 1 amide bonds. The fourth-order valence-corrected chi connectivity index (χ4v) is 5.10. The molecule has 2 aliphatic heterocycles. The molecule has 0 N–H and O–H groups in total. The molecule has 0 spiro atoms. The van der Waals surface area contributed by atoms with Crippen molar-refractivity contribution in [3.05, 3.63) is 23.8 Å². The summed E-state index contributed by atoms with van der Waals surface area (Å²) in [6, 6.07) is 5.27. The second kappa shape index (κ2) is 7.23. The first-order chi connectivity index (χ1) is 11.5. The summed E-state index contributed by atoms with van der Waals surface area (Å²) in [7, 11) is -3.39. The molecule has 2 aliphatic rings. The maximum atomic E-state index is 12.7. The molecule has 132 valence electrons. The third-order valence-electron chi connectivity index (χ3n) is 4.92. The molecule has 2 heterocycles. The van der Waals surface area contributed by atoms with Gasteiger partial charge in [-0.3, -0.25) is 4.79 Å². The van der Waals surface area contributed by atoms with E-state index in [1.165, 1.54) is 0 Å². The molecule has 3 rings (SSSR count). The number of amides is 1. The highest BCUT2D eigenvalue weighted by molar-refractivity contribution is 7.89. The fraction of sp³-hybridized carbons (Fsp3) is 0.611. The summed E-state index contributed by atoms with van der Waals surface area (Å²) in [6.45, 7) is 4.03. The van der Waals surface area contributed by atoms with Gasteiger partial charge in [0.25, 0.3) is 0 Å². The molecule has 1 fully saturated rings. The van der Waals surface area contributed by atoms with Gasteiger partial charge in [-0.05, 0) is 55.9 Å². The normalized spacial score (nSPS) is 18.6. The molecule has 1 saturated heterocycles. The van der Waals surface area contributed by atoms with E-state index in [1.54, 1.807) is 16.4 Å². The van der Waals surface area contributed by atoms with E-state index < -0.39 is 10.0 Å². The van der Waals surface area contributed by atoms with Crippen molar-refractivity contribution >= 4 is 21.6 Å². The Balaban J connectivity index is 1.87. The van der Waals surface area contributed by atoms with Crippen molar-refractivity contribution in [3.8, 4) is 0 Å². The first-order valence-corrected chi connectivity index (χ1v) is 10.4. The molecule has 0 aromatic heterocycles. The van der Waals surface area contributed by atoms with Crippen molar-refractivity contribution in [2.24, 2.45) is 0 Å². The van der Waals surface area contributed by atoms with Gasteiger partial charge in [-0.25, -0.2) is 8.42 Å². The van der Waals surface area contributed by atoms with Crippen LogP contribution in [-0.4, -0.2) is 38.3 Å². The number of fused-ring (bicyclic) bond motifs is 1. The lowest BCUT2D eigenvalue weighted by Gasteiger charge is -2.30. The van der Waals surface area contributed by atoms with Crippen LogP contribution in [0.5, 0.6) is 0 Å². The summed E-state index contributed by atoms with van der Waals surface area (Å²) < 4.78 is 27.0. The zero-order valence-corrected chi connectivity index (χ0v) is 15.1. The van der Waals surface area contributed by atoms with Gasteiger partial charge < -0.3 is 4.90 Å². The number of unbranched alkanes of at least 4 members (excludes halogenated alkanes) is 1. The lowest BCUT2D eigenvalue weighted by Crippen LogP contribution is -2.35. The van der Waals surface area contributed by atoms with Crippen molar-refractivity contribution in [1.29, 1.82) is 0 Å². The van der Waals surface area contributed by atoms with Crippen LogP contribution in [0, 0.1) is 0 Å². The molecule has 5 nitrogen and oxygen atoms in total. The van der Waals surface area contributed by atoms with E-state index in [0.29, 0.717) is 24.4 Å². The van der Waals surface area contributed by atoms with Crippen LogP contribution in [0.4, 0.5) is 5.69 Å². The molecule has 0 unspecified atom stereocenters. The fourth-order valence-electron chi connectivity index (χ4n) is 3.53. The number of carbonyl (C=O) groups is 1.